The molecular weight excluding hydrogens is 409 g/mol. The highest BCUT2D eigenvalue weighted by Crippen LogP contribution is 2.60. The summed E-state index contributed by atoms with van der Waals surface area (Å²) in [6.07, 6.45) is 5.03. The number of benzene rings is 2. The van der Waals surface area contributed by atoms with E-state index in [2.05, 4.69) is 43.4 Å². The molecule has 3 aliphatic rings. The van der Waals surface area contributed by atoms with Gasteiger partial charge in [-0.25, -0.2) is 4.39 Å². The Hall–Kier alpha value is -1.74. The number of nitrogens with one attached hydrogen (secondary N) is 1. The average molecular weight is 442 g/mol. The normalized spacial score (nSPS) is 34.3. The van der Waals surface area contributed by atoms with Gasteiger partial charge in [0.25, 0.3) is 0 Å². The third kappa shape index (κ3) is 3.53. The van der Waals surface area contributed by atoms with Gasteiger partial charge in [-0.3, -0.25) is 0 Å². The van der Waals surface area contributed by atoms with Crippen LogP contribution < -0.4 is 10.1 Å². The quantitative estimate of drug-likeness (QED) is 0.538. The number of rotatable bonds is 3. The SMILES string of the molecule is COc1ccc2c(c1)CC[C@@H]1[C@@H]2CC[C@@]2(C)[C@H](Nc3c(C)cccc3Cl)C[C@H](F)C[C@@H]12. The fourth-order valence-electron chi connectivity index (χ4n) is 7.02. The molecule has 3 aliphatic carbocycles. The molecule has 0 heterocycles. The molecule has 0 unspecified atom stereocenters. The molecule has 0 aliphatic heterocycles. The zero-order chi connectivity index (χ0) is 21.8. The van der Waals surface area contributed by atoms with Crippen LogP contribution in [0.4, 0.5) is 10.1 Å². The molecule has 0 aromatic heterocycles. The van der Waals surface area contributed by atoms with Gasteiger partial charge in [-0.15, -0.1) is 0 Å². The van der Waals surface area contributed by atoms with Gasteiger partial charge in [0.2, 0.25) is 0 Å². The molecule has 2 nitrogen and oxygen atoms in total. The van der Waals surface area contributed by atoms with E-state index >= 15 is 4.39 Å². The zero-order valence-electron chi connectivity index (χ0n) is 18.8. The highest BCUT2D eigenvalue weighted by atomic mass is 35.5. The molecule has 4 heteroatoms. The Morgan fingerprint density at radius 2 is 2.00 bits per heavy atom. The molecule has 0 saturated heterocycles. The summed E-state index contributed by atoms with van der Waals surface area (Å²) in [5, 5.41) is 4.46. The number of anilines is 1. The maximum Gasteiger partial charge on any atom is 0.119 e. The van der Waals surface area contributed by atoms with Crippen LogP contribution in [0.5, 0.6) is 5.75 Å². The summed E-state index contributed by atoms with van der Waals surface area (Å²) >= 11 is 6.53. The fourth-order valence-corrected chi connectivity index (χ4v) is 7.30. The van der Waals surface area contributed by atoms with Gasteiger partial charge >= 0.3 is 0 Å². The van der Waals surface area contributed by atoms with Crippen molar-refractivity contribution >= 4 is 17.3 Å². The van der Waals surface area contributed by atoms with E-state index in [1.54, 1.807) is 7.11 Å². The Bertz CT molecular complexity index is 957. The maximum absolute atomic E-state index is 15.1. The highest BCUT2D eigenvalue weighted by molar-refractivity contribution is 6.33. The Morgan fingerprint density at radius 3 is 2.77 bits per heavy atom. The predicted octanol–water partition coefficient (Wildman–Crippen LogP) is 7.33. The average Bonchev–Trinajstić information content (AvgIpc) is 2.76. The monoisotopic (exact) mass is 441 g/mol. The summed E-state index contributed by atoms with van der Waals surface area (Å²) < 4.78 is 20.6. The van der Waals surface area contributed by atoms with Crippen LogP contribution in [0.15, 0.2) is 36.4 Å². The predicted molar refractivity (Wildman–Crippen MR) is 126 cm³/mol. The minimum absolute atomic E-state index is 0.0827. The van der Waals surface area contributed by atoms with Gasteiger partial charge in [-0.05, 0) is 104 Å². The van der Waals surface area contributed by atoms with Gasteiger partial charge in [0.05, 0.1) is 17.8 Å². The van der Waals surface area contributed by atoms with Crippen LogP contribution in [0.1, 0.15) is 61.6 Å². The van der Waals surface area contributed by atoms with Crippen molar-refractivity contribution < 1.29 is 9.13 Å². The van der Waals surface area contributed by atoms with Gasteiger partial charge in [-0.2, -0.15) is 0 Å². The maximum atomic E-state index is 15.1. The van der Waals surface area contributed by atoms with E-state index in [1.807, 2.05) is 12.1 Å². The van der Waals surface area contributed by atoms with Crippen molar-refractivity contribution in [1.82, 2.24) is 0 Å². The van der Waals surface area contributed by atoms with E-state index < -0.39 is 6.17 Å². The molecule has 2 saturated carbocycles. The first-order valence-corrected chi connectivity index (χ1v) is 12.1. The highest BCUT2D eigenvalue weighted by Gasteiger charge is 2.55. The smallest absolute Gasteiger partial charge is 0.119 e. The molecular formula is C27H33ClFNO. The van der Waals surface area contributed by atoms with Crippen molar-refractivity contribution in [3.8, 4) is 5.75 Å². The number of aryl methyl sites for hydroxylation is 2. The zero-order valence-corrected chi connectivity index (χ0v) is 19.5. The summed E-state index contributed by atoms with van der Waals surface area (Å²) in [7, 11) is 1.73. The molecule has 1 N–H and O–H groups in total. The Labute approximate surface area is 190 Å². The molecule has 6 atom stereocenters. The summed E-state index contributed by atoms with van der Waals surface area (Å²) in [4.78, 5) is 0. The lowest BCUT2D eigenvalue weighted by molar-refractivity contribution is -0.0400. The largest absolute Gasteiger partial charge is 0.497 e. The van der Waals surface area contributed by atoms with Gasteiger partial charge in [-0.1, -0.05) is 36.7 Å². The Kier molecular flexibility index (Phi) is 5.45. The number of methoxy groups -OCH3 is 1. The third-order valence-electron chi connectivity index (χ3n) is 8.71. The number of fused-ring (bicyclic) bond motifs is 5. The second-order valence-electron chi connectivity index (χ2n) is 10.2. The molecule has 166 valence electrons. The summed E-state index contributed by atoms with van der Waals surface area (Å²) in [6.45, 7) is 4.49. The molecule has 2 aromatic rings. The number of para-hydroxylation sites is 1. The summed E-state index contributed by atoms with van der Waals surface area (Å²) in [5.74, 6) is 2.43. The first-order chi connectivity index (χ1) is 14.9. The van der Waals surface area contributed by atoms with E-state index in [9.17, 15) is 0 Å². The minimum atomic E-state index is -0.755. The van der Waals surface area contributed by atoms with Gasteiger partial charge in [0, 0.05) is 6.04 Å². The molecule has 2 aromatic carbocycles. The van der Waals surface area contributed by atoms with Crippen molar-refractivity contribution in [2.45, 2.75) is 70.5 Å². The van der Waals surface area contributed by atoms with Crippen molar-refractivity contribution in [1.29, 1.82) is 0 Å². The van der Waals surface area contributed by atoms with E-state index in [1.165, 1.54) is 17.5 Å². The van der Waals surface area contributed by atoms with Gasteiger partial charge in [0.1, 0.15) is 11.9 Å². The third-order valence-corrected chi connectivity index (χ3v) is 9.02. The number of halogens is 2. The fraction of sp³-hybridized carbons (Fsp3) is 0.556. The van der Waals surface area contributed by atoms with Crippen LogP contribution >= 0.6 is 11.6 Å². The van der Waals surface area contributed by atoms with Crippen molar-refractivity contribution in [3.63, 3.8) is 0 Å². The van der Waals surface area contributed by atoms with E-state index in [0.717, 1.165) is 41.3 Å². The van der Waals surface area contributed by atoms with Crippen LogP contribution in [0.25, 0.3) is 0 Å². The van der Waals surface area contributed by atoms with Gasteiger partial charge < -0.3 is 10.1 Å². The van der Waals surface area contributed by atoms with Crippen molar-refractivity contribution in [2.24, 2.45) is 17.3 Å². The first-order valence-electron chi connectivity index (χ1n) is 11.7. The summed E-state index contributed by atoms with van der Waals surface area (Å²) in [5.41, 5.74) is 5.10. The second kappa shape index (κ2) is 7.99. The Morgan fingerprint density at radius 1 is 1.16 bits per heavy atom. The molecule has 0 spiro atoms. The number of ether oxygens (including phenoxy) is 1. The molecule has 0 radical (unpaired) electrons. The molecule has 0 bridgehead atoms. The van der Waals surface area contributed by atoms with Gasteiger partial charge in [0.15, 0.2) is 0 Å². The standard InChI is InChI=1S/C27H33ClFNO/c1-16-5-4-6-24(28)26(16)30-25-15-18(29)14-23-22-9-7-17-13-19(31-3)8-10-20(17)21(22)11-12-27(23,25)2/h4-6,8,10,13,18,21-23,25,30H,7,9,11-12,14-15H2,1-3H3/t18-,21-,22-,23+,25-,27-/m1/s1. The number of hydrogen-bond acceptors (Lipinski definition) is 2. The minimum Gasteiger partial charge on any atom is -0.497 e. The lowest BCUT2D eigenvalue weighted by Gasteiger charge is -2.58. The van der Waals surface area contributed by atoms with Crippen LogP contribution in [-0.4, -0.2) is 19.3 Å². The van der Waals surface area contributed by atoms with E-state index in [4.69, 9.17) is 16.3 Å². The van der Waals surface area contributed by atoms with Crippen molar-refractivity contribution in [3.05, 3.63) is 58.1 Å². The van der Waals surface area contributed by atoms with E-state index in [-0.39, 0.29) is 11.5 Å². The number of hydrogen-bond donors (Lipinski definition) is 1. The van der Waals surface area contributed by atoms with Crippen molar-refractivity contribution in [2.75, 3.05) is 12.4 Å². The summed E-state index contributed by atoms with van der Waals surface area (Å²) in [6, 6.07) is 12.7. The Balaban J connectivity index is 1.46. The van der Waals surface area contributed by atoms with Crippen LogP contribution in [0.3, 0.4) is 0 Å². The topological polar surface area (TPSA) is 21.3 Å². The molecule has 2 fully saturated rings. The van der Waals surface area contributed by atoms with E-state index in [0.29, 0.717) is 30.6 Å². The molecule has 0 amide bonds. The molecule has 5 rings (SSSR count). The van der Waals surface area contributed by atoms with Crippen LogP contribution in [0.2, 0.25) is 5.02 Å². The van der Waals surface area contributed by atoms with Crippen LogP contribution in [-0.2, 0) is 6.42 Å². The molecule has 31 heavy (non-hydrogen) atoms. The van der Waals surface area contributed by atoms with Crippen LogP contribution in [0, 0.1) is 24.2 Å². The second-order valence-corrected chi connectivity index (χ2v) is 10.6. The number of alkyl halides is 1. The first kappa shape index (κ1) is 21.1. The lowest BCUT2D eigenvalue weighted by atomic mass is 9.49. The lowest BCUT2D eigenvalue weighted by Crippen LogP contribution is -2.56.